The maximum absolute atomic E-state index is 11.6. The van der Waals surface area contributed by atoms with Crippen molar-refractivity contribution in [2.75, 3.05) is 12.3 Å². The zero-order valence-electron chi connectivity index (χ0n) is 11.2. The minimum atomic E-state index is -0.0212. The molecule has 20 heavy (non-hydrogen) atoms. The summed E-state index contributed by atoms with van der Waals surface area (Å²) in [5.41, 5.74) is 1.99. The molecular weight excluding hydrogens is 270 g/mol. The van der Waals surface area contributed by atoms with Crippen molar-refractivity contribution in [3.05, 3.63) is 49.6 Å². The first kappa shape index (κ1) is 14.4. The number of carbonyl (C=O) groups is 1. The topological polar surface area (TPSA) is 46.9 Å². The van der Waals surface area contributed by atoms with E-state index in [0.29, 0.717) is 18.8 Å². The van der Waals surface area contributed by atoms with Crippen LogP contribution in [0.1, 0.15) is 0 Å². The molecule has 104 valence electrons. The zero-order chi connectivity index (χ0) is 14.4. The van der Waals surface area contributed by atoms with E-state index >= 15 is 0 Å². The van der Waals surface area contributed by atoms with E-state index in [1.165, 1.54) is 11.8 Å². The second kappa shape index (κ2) is 6.96. The van der Waals surface area contributed by atoms with Gasteiger partial charge in [0, 0.05) is 13.1 Å². The summed E-state index contributed by atoms with van der Waals surface area (Å²) in [6.45, 7) is 8.51. The Labute approximate surface area is 122 Å². The molecule has 1 heterocycles. The maximum Gasteiger partial charge on any atom is 0.230 e. The molecule has 0 saturated carbocycles. The van der Waals surface area contributed by atoms with Crippen molar-refractivity contribution in [1.29, 1.82) is 0 Å². The molecular formula is C15H17N3OS. The number of allylic oxidation sites excluding steroid dienone is 1. The lowest BCUT2D eigenvalue weighted by molar-refractivity contribution is -0.118. The third kappa shape index (κ3) is 3.30. The molecule has 0 aliphatic carbocycles. The Morgan fingerprint density at radius 3 is 2.90 bits per heavy atom. The van der Waals surface area contributed by atoms with E-state index in [0.717, 1.165) is 16.2 Å². The molecule has 1 amide bonds. The van der Waals surface area contributed by atoms with Gasteiger partial charge in [-0.2, -0.15) is 0 Å². The van der Waals surface area contributed by atoms with E-state index in [4.69, 9.17) is 0 Å². The van der Waals surface area contributed by atoms with Gasteiger partial charge in [-0.05, 0) is 12.1 Å². The zero-order valence-corrected chi connectivity index (χ0v) is 12.0. The summed E-state index contributed by atoms with van der Waals surface area (Å²) >= 11 is 1.43. The summed E-state index contributed by atoms with van der Waals surface area (Å²) in [4.78, 5) is 16.2. The van der Waals surface area contributed by atoms with Gasteiger partial charge in [0.15, 0.2) is 5.16 Å². The van der Waals surface area contributed by atoms with E-state index in [-0.39, 0.29) is 5.91 Å². The van der Waals surface area contributed by atoms with Gasteiger partial charge in [-0.3, -0.25) is 4.79 Å². The standard InChI is InChI=1S/C15H17N3OS/c1-3-9-16-14(19)11-20-15-17-12-7-5-6-8-13(12)18(15)10-4-2/h3-8H,1-2,9-11H2,(H,16,19). The van der Waals surface area contributed by atoms with E-state index in [1.807, 2.05) is 30.3 Å². The highest BCUT2D eigenvalue weighted by molar-refractivity contribution is 7.99. The highest BCUT2D eigenvalue weighted by atomic mass is 32.2. The number of amides is 1. The lowest BCUT2D eigenvalue weighted by Gasteiger charge is -2.06. The van der Waals surface area contributed by atoms with Gasteiger partial charge in [0.1, 0.15) is 0 Å². The second-order valence-corrected chi connectivity index (χ2v) is 5.11. The van der Waals surface area contributed by atoms with Crippen molar-refractivity contribution in [1.82, 2.24) is 14.9 Å². The summed E-state index contributed by atoms with van der Waals surface area (Å²) in [6.07, 6.45) is 3.49. The van der Waals surface area contributed by atoms with Crippen LogP contribution in [0.15, 0.2) is 54.7 Å². The predicted molar refractivity (Wildman–Crippen MR) is 83.9 cm³/mol. The number of benzene rings is 1. The quantitative estimate of drug-likeness (QED) is 0.629. The predicted octanol–water partition coefficient (Wildman–Crippen LogP) is 2.62. The molecule has 1 N–H and O–H groups in total. The molecule has 0 spiro atoms. The smallest absolute Gasteiger partial charge is 0.230 e. The van der Waals surface area contributed by atoms with Crippen LogP contribution in [-0.2, 0) is 11.3 Å². The Bertz CT molecular complexity index is 633. The fourth-order valence-corrected chi connectivity index (χ4v) is 2.69. The number of fused-ring (bicyclic) bond motifs is 1. The molecule has 1 aromatic heterocycles. The van der Waals surface area contributed by atoms with E-state index in [9.17, 15) is 4.79 Å². The molecule has 2 aromatic rings. The number of rotatable bonds is 7. The minimum absolute atomic E-state index is 0.0212. The van der Waals surface area contributed by atoms with Gasteiger partial charge in [0.2, 0.25) is 5.91 Å². The van der Waals surface area contributed by atoms with Crippen LogP contribution in [0.3, 0.4) is 0 Å². The van der Waals surface area contributed by atoms with Crippen molar-refractivity contribution in [2.24, 2.45) is 0 Å². The molecule has 1 aromatic carbocycles. The Morgan fingerprint density at radius 1 is 1.35 bits per heavy atom. The van der Waals surface area contributed by atoms with Crippen molar-refractivity contribution in [2.45, 2.75) is 11.7 Å². The number of nitrogens with one attached hydrogen (secondary N) is 1. The average molecular weight is 287 g/mol. The minimum Gasteiger partial charge on any atom is -0.352 e. The number of hydrogen-bond acceptors (Lipinski definition) is 3. The lowest BCUT2D eigenvalue weighted by atomic mass is 10.3. The van der Waals surface area contributed by atoms with Gasteiger partial charge in [-0.15, -0.1) is 13.2 Å². The SMILES string of the molecule is C=CCNC(=O)CSc1nc2ccccc2n1CC=C. The number of hydrogen-bond donors (Lipinski definition) is 1. The van der Waals surface area contributed by atoms with Gasteiger partial charge in [-0.1, -0.05) is 36.0 Å². The van der Waals surface area contributed by atoms with E-state index < -0.39 is 0 Å². The van der Waals surface area contributed by atoms with E-state index in [2.05, 4.69) is 28.0 Å². The van der Waals surface area contributed by atoms with Crippen LogP contribution in [0.25, 0.3) is 11.0 Å². The third-order valence-electron chi connectivity index (χ3n) is 2.71. The number of imidazole rings is 1. The molecule has 0 bridgehead atoms. The molecule has 0 aliphatic heterocycles. The highest BCUT2D eigenvalue weighted by Gasteiger charge is 2.11. The summed E-state index contributed by atoms with van der Waals surface area (Å²) in [5, 5.41) is 3.59. The molecule has 4 nitrogen and oxygen atoms in total. The Kier molecular flexibility index (Phi) is 5.01. The third-order valence-corrected chi connectivity index (χ3v) is 3.68. The van der Waals surface area contributed by atoms with E-state index in [1.54, 1.807) is 6.08 Å². The number of nitrogens with zero attached hydrogens (tertiary/aromatic N) is 2. The molecule has 0 fully saturated rings. The molecule has 0 unspecified atom stereocenters. The fourth-order valence-electron chi connectivity index (χ4n) is 1.84. The summed E-state index contributed by atoms with van der Waals surface area (Å²) in [7, 11) is 0. The Hall–Kier alpha value is -2.01. The van der Waals surface area contributed by atoms with Gasteiger partial charge < -0.3 is 9.88 Å². The number of carbonyl (C=O) groups excluding carboxylic acids is 1. The van der Waals surface area contributed by atoms with Crippen LogP contribution in [0.5, 0.6) is 0 Å². The molecule has 2 rings (SSSR count). The molecule has 0 saturated heterocycles. The largest absolute Gasteiger partial charge is 0.352 e. The number of aromatic nitrogens is 2. The highest BCUT2D eigenvalue weighted by Crippen LogP contribution is 2.23. The number of thioether (sulfide) groups is 1. The van der Waals surface area contributed by atoms with Crippen molar-refractivity contribution < 1.29 is 4.79 Å². The van der Waals surface area contributed by atoms with Crippen LogP contribution < -0.4 is 5.32 Å². The first-order chi connectivity index (χ1) is 9.76. The summed E-state index contributed by atoms with van der Waals surface area (Å²) < 4.78 is 2.06. The lowest BCUT2D eigenvalue weighted by Crippen LogP contribution is -2.25. The first-order valence-electron chi connectivity index (χ1n) is 6.33. The van der Waals surface area contributed by atoms with Crippen LogP contribution in [-0.4, -0.2) is 27.8 Å². The van der Waals surface area contributed by atoms with Crippen LogP contribution in [0.4, 0.5) is 0 Å². The van der Waals surface area contributed by atoms with Gasteiger partial charge in [0.05, 0.1) is 16.8 Å². The molecule has 0 aliphatic rings. The van der Waals surface area contributed by atoms with Gasteiger partial charge in [0.25, 0.3) is 0 Å². The maximum atomic E-state index is 11.6. The second-order valence-electron chi connectivity index (χ2n) is 4.16. The monoisotopic (exact) mass is 287 g/mol. The Balaban J connectivity index is 2.16. The molecule has 0 atom stereocenters. The van der Waals surface area contributed by atoms with Gasteiger partial charge in [-0.25, -0.2) is 4.98 Å². The van der Waals surface area contributed by atoms with Crippen LogP contribution in [0, 0.1) is 0 Å². The normalized spacial score (nSPS) is 10.4. The van der Waals surface area contributed by atoms with Gasteiger partial charge >= 0.3 is 0 Å². The molecule has 0 radical (unpaired) electrons. The number of para-hydroxylation sites is 2. The summed E-state index contributed by atoms with van der Waals surface area (Å²) in [5.74, 6) is 0.320. The van der Waals surface area contributed by atoms with Crippen molar-refractivity contribution >= 4 is 28.7 Å². The Morgan fingerprint density at radius 2 is 2.15 bits per heavy atom. The van der Waals surface area contributed by atoms with Crippen LogP contribution >= 0.6 is 11.8 Å². The van der Waals surface area contributed by atoms with Crippen LogP contribution in [0.2, 0.25) is 0 Å². The summed E-state index contributed by atoms with van der Waals surface area (Å²) in [6, 6.07) is 7.93. The fraction of sp³-hybridized carbons (Fsp3) is 0.200. The van der Waals surface area contributed by atoms with Crippen molar-refractivity contribution in [3.8, 4) is 0 Å². The first-order valence-corrected chi connectivity index (χ1v) is 7.31. The average Bonchev–Trinajstić information content (AvgIpc) is 2.81. The molecule has 5 heteroatoms. The van der Waals surface area contributed by atoms with Crippen molar-refractivity contribution in [3.63, 3.8) is 0 Å².